The zero-order valence-corrected chi connectivity index (χ0v) is 35.3. The van der Waals surface area contributed by atoms with Gasteiger partial charge in [-0.1, -0.05) is 127 Å². The van der Waals surface area contributed by atoms with Crippen LogP contribution in [0.15, 0.2) is 91.9 Å². The van der Waals surface area contributed by atoms with E-state index < -0.39 is 14.4 Å². The largest absolute Gasteiger partial charge is 0.412 e. The molecule has 0 unspecified atom stereocenters. The Balaban J connectivity index is 0.000000170. The van der Waals surface area contributed by atoms with Crippen molar-refractivity contribution in [2.24, 2.45) is 0 Å². The molecule has 0 bridgehead atoms. The summed E-state index contributed by atoms with van der Waals surface area (Å²) in [5.41, 5.74) is 1.44. The number of aliphatic hydroxyl groups excluding tert-OH is 1. The van der Waals surface area contributed by atoms with Crippen LogP contribution >= 0.6 is 31.9 Å². The van der Waals surface area contributed by atoms with Gasteiger partial charge in [-0.3, -0.25) is 18.7 Å². The van der Waals surface area contributed by atoms with Crippen molar-refractivity contribution in [1.29, 1.82) is 0 Å². The lowest BCUT2D eigenvalue weighted by Gasteiger charge is -2.43. The molecule has 4 atom stereocenters. The van der Waals surface area contributed by atoms with Gasteiger partial charge in [-0.2, -0.15) is 0 Å². The number of nitrogens with zero attached hydrogens (tertiary/aromatic N) is 4. The molecule has 2 aromatic heterocycles. The molecule has 0 saturated heterocycles. The van der Waals surface area contributed by atoms with E-state index in [0.717, 1.165) is 92.9 Å². The predicted octanol–water partition coefficient (Wildman–Crippen LogP) is 10.6. The number of aromatic nitrogens is 4. The number of rotatable bonds is 4. The fraction of sp³-hybridized carbons (Fsp3) is 0.429. The van der Waals surface area contributed by atoms with Gasteiger partial charge in [0.1, 0.15) is 0 Å². The Morgan fingerprint density at radius 3 is 1.60 bits per heavy atom. The monoisotopic (exact) mass is 858 g/mol. The Morgan fingerprint density at radius 2 is 1.11 bits per heavy atom. The molecule has 0 amide bonds. The molecular formula is C42H48Br2N4O4Si. The zero-order valence-electron chi connectivity index (χ0n) is 31.1. The Morgan fingerprint density at radius 1 is 0.679 bits per heavy atom. The van der Waals surface area contributed by atoms with Crippen molar-refractivity contribution in [3.8, 4) is 0 Å². The quantitative estimate of drug-likeness (QED) is 0.140. The lowest BCUT2D eigenvalue weighted by Crippen LogP contribution is -2.48. The highest BCUT2D eigenvalue weighted by molar-refractivity contribution is 9.11. The van der Waals surface area contributed by atoms with Gasteiger partial charge in [0.2, 0.25) is 0 Å². The van der Waals surface area contributed by atoms with Crippen molar-refractivity contribution in [3.63, 3.8) is 0 Å². The van der Waals surface area contributed by atoms with E-state index in [0.29, 0.717) is 10.8 Å². The minimum Gasteiger partial charge on any atom is -0.412 e. The Kier molecular flexibility index (Phi) is 10.9. The van der Waals surface area contributed by atoms with E-state index in [1.54, 1.807) is 17.2 Å². The van der Waals surface area contributed by atoms with E-state index in [4.69, 9.17) is 9.41 Å². The molecule has 8 rings (SSSR count). The average molecular weight is 861 g/mol. The van der Waals surface area contributed by atoms with Crippen molar-refractivity contribution in [3.05, 3.63) is 103 Å². The van der Waals surface area contributed by atoms with E-state index in [9.17, 15) is 14.7 Å². The van der Waals surface area contributed by atoms with Crippen LogP contribution in [0.2, 0.25) is 18.1 Å². The summed E-state index contributed by atoms with van der Waals surface area (Å²) in [6.45, 7) is 11.4. The molecule has 278 valence electrons. The molecule has 8 nitrogen and oxygen atoms in total. The first-order valence-corrected chi connectivity index (χ1v) is 23.3. The molecule has 0 spiro atoms. The molecule has 1 N–H and O–H groups in total. The van der Waals surface area contributed by atoms with Crippen LogP contribution in [0.3, 0.4) is 0 Å². The van der Waals surface area contributed by atoms with Crippen LogP contribution in [0.25, 0.3) is 43.4 Å². The SMILES string of the molecule is CC(C)(C)[Si](C)(C)O[C@H]1CCCC[C@@H]1n1cnc2c(cc(Br)c3ccccc32)c1=O.O=c1c2cc(Br)c3ccccc3c2ncn1[C@H]1CCCC[C@@H]1O. The van der Waals surface area contributed by atoms with E-state index in [-0.39, 0.29) is 34.3 Å². The Labute approximate surface area is 328 Å². The van der Waals surface area contributed by atoms with Crippen molar-refractivity contribution in [2.75, 3.05) is 0 Å². The van der Waals surface area contributed by atoms with E-state index >= 15 is 0 Å². The minimum atomic E-state index is -1.93. The molecule has 2 saturated carbocycles. The first-order chi connectivity index (χ1) is 25.3. The normalized spacial score (nSPS) is 21.2. The number of fused-ring (bicyclic) bond motifs is 6. The van der Waals surface area contributed by atoms with Crippen LogP contribution in [0.4, 0.5) is 0 Å². The number of hydrogen-bond acceptors (Lipinski definition) is 6. The summed E-state index contributed by atoms with van der Waals surface area (Å²) < 4.78 is 12.1. The molecular weight excluding hydrogens is 812 g/mol. The van der Waals surface area contributed by atoms with Gasteiger partial charge in [-0.25, -0.2) is 9.97 Å². The molecule has 0 aliphatic heterocycles. The van der Waals surface area contributed by atoms with Crippen molar-refractivity contribution < 1.29 is 9.53 Å². The highest BCUT2D eigenvalue weighted by Gasteiger charge is 2.42. The molecule has 53 heavy (non-hydrogen) atoms. The maximum Gasteiger partial charge on any atom is 0.261 e. The summed E-state index contributed by atoms with van der Waals surface area (Å²) in [4.78, 5) is 35.9. The summed E-state index contributed by atoms with van der Waals surface area (Å²) in [7, 11) is -1.93. The molecule has 2 aliphatic rings. The fourth-order valence-corrected chi connectivity index (χ4v) is 10.4. The van der Waals surface area contributed by atoms with Gasteiger partial charge in [0.25, 0.3) is 11.1 Å². The second-order valence-corrected chi connectivity index (χ2v) is 22.7. The Hall–Kier alpha value is -3.22. The molecule has 2 fully saturated rings. The van der Waals surface area contributed by atoms with Crippen LogP contribution in [-0.4, -0.2) is 44.7 Å². The molecule has 2 heterocycles. The van der Waals surface area contributed by atoms with Crippen molar-refractivity contribution in [2.45, 2.75) is 115 Å². The molecule has 2 aliphatic carbocycles. The van der Waals surface area contributed by atoms with Crippen LogP contribution < -0.4 is 11.1 Å². The molecule has 0 radical (unpaired) electrons. The summed E-state index contributed by atoms with van der Waals surface area (Å²) in [6.07, 6.45) is 10.8. The van der Waals surface area contributed by atoms with Crippen molar-refractivity contribution >= 4 is 83.5 Å². The first-order valence-electron chi connectivity index (χ1n) is 18.8. The summed E-state index contributed by atoms with van der Waals surface area (Å²) in [5, 5.41) is 15.7. The first kappa shape index (κ1) is 38.1. The third kappa shape index (κ3) is 7.32. The lowest BCUT2D eigenvalue weighted by molar-refractivity contribution is 0.0735. The van der Waals surface area contributed by atoms with Crippen LogP contribution in [0.1, 0.15) is 84.2 Å². The van der Waals surface area contributed by atoms with Gasteiger partial charge in [-0.15, -0.1) is 0 Å². The van der Waals surface area contributed by atoms with Crippen LogP contribution in [0.5, 0.6) is 0 Å². The Bertz CT molecular complexity index is 2440. The maximum absolute atomic E-state index is 13.6. The van der Waals surface area contributed by atoms with Gasteiger partial charge in [0.15, 0.2) is 8.32 Å². The molecule has 6 aromatic rings. The van der Waals surface area contributed by atoms with Crippen molar-refractivity contribution in [1.82, 2.24) is 19.1 Å². The fourth-order valence-electron chi connectivity index (χ4n) is 7.84. The van der Waals surface area contributed by atoms with E-state index in [2.05, 4.69) is 76.8 Å². The van der Waals surface area contributed by atoms with Gasteiger partial charge in [0.05, 0.1) is 58.8 Å². The smallest absolute Gasteiger partial charge is 0.261 e. The average Bonchev–Trinajstić information content (AvgIpc) is 3.13. The zero-order chi connectivity index (χ0) is 37.7. The topological polar surface area (TPSA) is 99.2 Å². The minimum absolute atomic E-state index is 0.0298. The highest BCUT2D eigenvalue weighted by atomic mass is 79.9. The number of aliphatic hydroxyl groups is 1. The summed E-state index contributed by atoms with van der Waals surface area (Å²) >= 11 is 7.21. The number of halogens is 2. The van der Waals surface area contributed by atoms with Gasteiger partial charge >= 0.3 is 0 Å². The summed E-state index contributed by atoms with van der Waals surface area (Å²) in [5.74, 6) is 0. The van der Waals surface area contributed by atoms with Gasteiger partial charge < -0.3 is 9.53 Å². The maximum atomic E-state index is 13.6. The number of hydrogen-bond donors (Lipinski definition) is 1. The van der Waals surface area contributed by atoms with Gasteiger partial charge in [-0.05, 0) is 66.7 Å². The van der Waals surface area contributed by atoms with E-state index in [1.165, 1.54) is 0 Å². The van der Waals surface area contributed by atoms with Gasteiger partial charge in [0, 0.05) is 19.7 Å². The lowest BCUT2D eigenvalue weighted by atomic mass is 9.92. The molecule has 11 heteroatoms. The molecule has 4 aromatic carbocycles. The highest BCUT2D eigenvalue weighted by Crippen LogP contribution is 2.41. The van der Waals surface area contributed by atoms with Crippen LogP contribution in [0, 0.1) is 0 Å². The third-order valence-electron chi connectivity index (χ3n) is 11.8. The second-order valence-electron chi connectivity index (χ2n) is 16.2. The second kappa shape index (κ2) is 15.1. The third-order valence-corrected chi connectivity index (χ3v) is 17.6. The predicted molar refractivity (Wildman–Crippen MR) is 226 cm³/mol. The summed E-state index contributed by atoms with van der Waals surface area (Å²) in [6, 6.07) is 19.6. The van der Waals surface area contributed by atoms with E-state index in [1.807, 2.05) is 59.2 Å². The number of benzene rings is 4. The van der Waals surface area contributed by atoms with Crippen LogP contribution in [-0.2, 0) is 4.43 Å². The standard InChI is InChI=1S/C24H31BrN2O2Si.C18H17BrN2O2/c1-24(2,3)30(4,5)29-21-13-9-8-12-20(21)27-15-26-22-17-11-7-6-10-16(17)19(25)14-18(22)23(27)28;19-14-9-13-17(12-6-2-1-5-11(12)14)20-10-21(18(13)23)15-7-3-4-8-16(15)22/h6-7,10-11,14-15,20-21H,8-9,12-13H2,1-5H3;1-2,5-6,9-10,15-16,22H,3-4,7-8H2/t20-,21-;15-,16-/m00/s1.